The van der Waals surface area contributed by atoms with E-state index in [-0.39, 0.29) is 12.3 Å². The SMILES string of the molecule is CCc1ccc(C(CC(N)=O)N2Cc3ccccc3C2=O)cc1OC. The first-order valence-corrected chi connectivity index (χ1v) is 8.39. The lowest BCUT2D eigenvalue weighted by Gasteiger charge is -2.28. The number of carbonyl (C=O) groups is 2. The molecule has 0 fully saturated rings. The summed E-state index contributed by atoms with van der Waals surface area (Å²) in [6.07, 6.45) is 0.923. The summed E-state index contributed by atoms with van der Waals surface area (Å²) in [6.45, 7) is 2.53. The van der Waals surface area contributed by atoms with Crippen LogP contribution < -0.4 is 10.5 Å². The Morgan fingerprint density at radius 1 is 1.28 bits per heavy atom. The lowest BCUT2D eigenvalue weighted by Crippen LogP contribution is -2.32. The molecule has 3 rings (SSSR count). The molecule has 0 saturated heterocycles. The highest BCUT2D eigenvalue weighted by Crippen LogP contribution is 2.35. The van der Waals surface area contributed by atoms with Crippen LogP contribution in [0.4, 0.5) is 0 Å². The Hall–Kier alpha value is -2.82. The van der Waals surface area contributed by atoms with E-state index in [1.165, 1.54) is 0 Å². The summed E-state index contributed by atoms with van der Waals surface area (Å²) in [5.41, 5.74) is 9.07. The van der Waals surface area contributed by atoms with Gasteiger partial charge >= 0.3 is 0 Å². The van der Waals surface area contributed by atoms with Gasteiger partial charge in [0.2, 0.25) is 5.91 Å². The number of rotatable bonds is 6. The van der Waals surface area contributed by atoms with Crippen molar-refractivity contribution in [2.24, 2.45) is 5.73 Å². The maximum atomic E-state index is 12.8. The first kappa shape index (κ1) is 17.0. The van der Waals surface area contributed by atoms with Crippen molar-refractivity contribution in [3.8, 4) is 5.75 Å². The van der Waals surface area contributed by atoms with Gasteiger partial charge in [-0.2, -0.15) is 0 Å². The molecule has 2 N–H and O–H groups in total. The Bertz CT molecular complexity index is 816. The molecule has 0 bridgehead atoms. The van der Waals surface area contributed by atoms with Crippen LogP contribution in [-0.4, -0.2) is 23.8 Å². The number of amides is 2. The van der Waals surface area contributed by atoms with Crippen molar-refractivity contribution in [2.45, 2.75) is 32.4 Å². The molecular weight excluding hydrogens is 316 g/mol. The van der Waals surface area contributed by atoms with E-state index in [1.807, 2.05) is 42.5 Å². The largest absolute Gasteiger partial charge is 0.496 e. The highest BCUT2D eigenvalue weighted by Gasteiger charge is 2.34. The molecule has 2 amide bonds. The fourth-order valence-corrected chi connectivity index (χ4v) is 3.39. The fraction of sp³-hybridized carbons (Fsp3) is 0.300. The first-order chi connectivity index (χ1) is 12.0. The number of nitrogens with zero attached hydrogens (tertiary/aromatic N) is 1. The van der Waals surface area contributed by atoms with E-state index in [0.717, 1.165) is 28.9 Å². The Kier molecular flexibility index (Phi) is 4.74. The van der Waals surface area contributed by atoms with Gasteiger partial charge < -0.3 is 15.4 Å². The van der Waals surface area contributed by atoms with Gasteiger partial charge in [-0.1, -0.05) is 37.3 Å². The van der Waals surface area contributed by atoms with Crippen LogP contribution >= 0.6 is 0 Å². The van der Waals surface area contributed by atoms with Gasteiger partial charge in [0, 0.05) is 12.1 Å². The molecule has 2 aromatic rings. The first-order valence-electron chi connectivity index (χ1n) is 8.39. The molecule has 25 heavy (non-hydrogen) atoms. The molecular formula is C20H22N2O3. The average Bonchev–Trinajstić information content (AvgIpc) is 2.96. The van der Waals surface area contributed by atoms with Crippen LogP contribution in [-0.2, 0) is 17.8 Å². The average molecular weight is 338 g/mol. The summed E-state index contributed by atoms with van der Waals surface area (Å²) in [6, 6.07) is 13.0. The summed E-state index contributed by atoms with van der Waals surface area (Å²) in [4.78, 5) is 26.2. The lowest BCUT2D eigenvalue weighted by atomic mass is 9.98. The summed E-state index contributed by atoms with van der Waals surface area (Å²) in [5.74, 6) is 0.256. The van der Waals surface area contributed by atoms with Gasteiger partial charge in [-0.25, -0.2) is 0 Å². The fourth-order valence-electron chi connectivity index (χ4n) is 3.39. The molecule has 1 aliphatic rings. The van der Waals surface area contributed by atoms with E-state index >= 15 is 0 Å². The number of hydrogen-bond acceptors (Lipinski definition) is 3. The minimum absolute atomic E-state index is 0.0691. The molecule has 0 aromatic heterocycles. The molecule has 5 heteroatoms. The van der Waals surface area contributed by atoms with E-state index in [0.29, 0.717) is 12.1 Å². The van der Waals surface area contributed by atoms with E-state index in [1.54, 1.807) is 12.0 Å². The van der Waals surface area contributed by atoms with Crippen molar-refractivity contribution in [1.29, 1.82) is 0 Å². The zero-order valence-corrected chi connectivity index (χ0v) is 14.5. The van der Waals surface area contributed by atoms with E-state index in [4.69, 9.17) is 10.5 Å². The minimum Gasteiger partial charge on any atom is -0.496 e. The van der Waals surface area contributed by atoms with Crippen LogP contribution in [0.5, 0.6) is 5.75 Å². The number of carbonyl (C=O) groups excluding carboxylic acids is 2. The van der Waals surface area contributed by atoms with Gasteiger partial charge in [0.1, 0.15) is 5.75 Å². The second-order valence-electron chi connectivity index (χ2n) is 6.20. The number of ether oxygens (including phenoxy) is 1. The molecule has 1 heterocycles. The molecule has 0 saturated carbocycles. The molecule has 1 atom stereocenters. The normalized spacial score (nSPS) is 14.3. The van der Waals surface area contributed by atoms with Gasteiger partial charge in [0.25, 0.3) is 5.91 Å². The molecule has 130 valence electrons. The smallest absolute Gasteiger partial charge is 0.255 e. The second kappa shape index (κ2) is 6.97. The number of primary amides is 1. The molecule has 5 nitrogen and oxygen atoms in total. The van der Waals surface area contributed by atoms with Crippen LogP contribution in [0.15, 0.2) is 42.5 Å². The lowest BCUT2D eigenvalue weighted by molar-refractivity contribution is -0.119. The number of hydrogen-bond donors (Lipinski definition) is 1. The number of aryl methyl sites for hydroxylation is 1. The Balaban J connectivity index is 1.99. The highest BCUT2D eigenvalue weighted by atomic mass is 16.5. The summed E-state index contributed by atoms with van der Waals surface area (Å²) in [5, 5.41) is 0. The number of benzene rings is 2. The van der Waals surface area contributed by atoms with Crippen LogP contribution in [0.3, 0.4) is 0 Å². The number of fused-ring (bicyclic) bond motifs is 1. The van der Waals surface area contributed by atoms with Crippen LogP contribution in [0.1, 0.15) is 46.4 Å². The number of nitrogens with two attached hydrogens (primary N) is 1. The Morgan fingerprint density at radius 3 is 2.68 bits per heavy atom. The zero-order valence-electron chi connectivity index (χ0n) is 14.5. The quantitative estimate of drug-likeness (QED) is 0.880. The predicted octanol–water partition coefficient (Wildman–Crippen LogP) is 2.83. The maximum absolute atomic E-state index is 12.8. The van der Waals surface area contributed by atoms with Crippen molar-refractivity contribution in [1.82, 2.24) is 4.90 Å². The Labute approximate surface area is 147 Å². The molecule has 2 aromatic carbocycles. The molecule has 0 radical (unpaired) electrons. The Morgan fingerprint density at radius 2 is 2.04 bits per heavy atom. The minimum atomic E-state index is -0.438. The second-order valence-corrected chi connectivity index (χ2v) is 6.20. The molecule has 1 unspecified atom stereocenters. The van der Waals surface area contributed by atoms with Crippen molar-refractivity contribution in [3.63, 3.8) is 0 Å². The van der Waals surface area contributed by atoms with Crippen molar-refractivity contribution in [3.05, 3.63) is 64.7 Å². The van der Waals surface area contributed by atoms with Crippen LogP contribution in [0, 0.1) is 0 Å². The monoisotopic (exact) mass is 338 g/mol. The van der Waals surface area contributed by atoms with E-state index in [2.05, 4.69) is 6.92 Å². The third-order valence-electron chi connectivity index (χ3n) is 4.70. The standard InChI is InChI=1S/C20H22N2O3/c1-3-13-8-9-14(10-18(13)25-2)17(11-19(21)23)22-12-15-6-4-5-7-16(15)20(22)24/h4-10,17H,3,11-12H2,1-2H3,(H2,21,23). The van der Waals surface area contributed by atoms with Gasteiger partial charge in [0.15, 0.2) is 0 Å². The molecule has 0 aliphatic carbocycles. The van der Waals surface area contributed by atoms with Gasteiger partial charge in [-0.05, 0) is 35.2 Å². The summed E-state index contributed by atoms with van der Waals surface area (Å²) < 4.78 is 5.46. The topological polar surface area (TPSA) is 72.6 Å². The molecule has 1 aliphatic heterocycles. The summed E-state index contributed by atoms with van der Waals surface area (Å²) in [7, 11) is 1.62. The van der Waals surface area contributed by atoms with Crippen molar-refractivity contribution < 1.29 is 14.3 Å². The van der Waals surface area contributed by atoms with Gasteiger partial charge in [-0.15, -0.1) is 0 Å². The summed E-state index contributed by atoms with van der Waals surface area (Å²) >= 11 is 0. The van der Waals surface area contributed by atoms with Gasteiger partial charge in [0.05, 0.1) is 19.6 Å². The number of methoxy groups -OCH3 is 1. The maximum Gasteiger partial charge on any atom is 0.255 e. The zero-order chi connectivity index (χ0) is 18.0. The molecule has 0 spiro atoms. The third kappa shape index (κ3) is 3.22. The third-order valence-corrected chi connectivity index (χ3v) is 4.70. The van der Waals surface area contributed by atoms with E-state index in [9.17, 15) is 9.59 Å². The van der Waals surface area contributed by atoms with Crippen LogP contribution in [0.2, 0.25) is 0 Å². The van der Waals surface area contributed by atoms with Crippen molar-refractivity contribution in [2.75, 3.05) is 7.11 Å². The van der Waals surface area contributed by atoms with Gasteiger partial charge in [-0.3, -0.25) is 9.59 Å². The van der Waals surface area contributed by atoms with Crippen molar-refractivity contribution >= 4 is 11.8 Å². The highest BCUT2D eigenvalue weighted by molar-refractivity contribution is 5.98. The van der Waals surface area contributed by atoms with Crippen LogP contribution in [0.25, 0.3) is 0 Å². The van der Waals surface area contributed by atoms with E-state index < -0.39 is 11.9 Å². The predicted molar refractivity (Wildman–Crippen MR) is 95.2 cm³/mol.